The number of aromatic nitrogens is 2. The number of nitrogens with zero attached hydrogens (tertiary/aromatic N) is 4. The van der Waals surface area contributed by atoms with Gasteiger partial charge in [0.05, 0.1) is 14.1 Å². The molecule has 0 amide bonds. The van der Waals surface area contributed by atoms with E-state index in [9.17, 15) is 0 Å². The van der Waals surface area contributed by atoms with Crippen molar-refractivity contribution in [3.05, 3.63) is 12.4 Å². The molecule has 1 heterocycles. The second-order valence-corrected chi connectivity index (χ2v) is 2.78. The number of aryl methyl sites for hydroxylation is 2. The Bertz CT molecular complexity index is 334. The molecule has 1 rings (SSSR count). The van der Waals surface area contributed by atoms with Crippen molar-refractivity contribution in [2.45, 2.75) is 0 Å². The van der Waals surface area contributed by atoms with E-state index in [0.717, 1.165) is 5.72 Å². The second-order valence-electron chi connectivity index (χ2n) is 2.78. The van der Waals surface area contributed by atoms with Crippen molar-refractivity contribution < 1.29 is 4.57 Å². The summed E-state index contributed by atoms with van der Waals surface area (Å²) in [5.41, 5.74) is 0.792. The van der Waals surface area contributed by atoms with Crippen LogP contribution in [0.1, 0.15) is 0 Å². The highest BCUT2D eigenvalue weighted by Crippen LogP contribution is 1.79. The van der Waals surface area contributed by atoms with Gasteiger partial charge in [-0.05, 0) is 0 Å². The van der Waals surface area contributed by atoms with Gasteiger partial charge in [-0.25, -0.2) is 10.5 Å². The highest BCUT2D eigenvalue weighted by atomic mass is 15.1. The quantitative estimate of drug-likeness (QED) is 0.367. The molecule has 0 spiro atoms. The number of nitriles is 2. The molecule has 0 saturated heterocycles. The number of imidazole rings is 1. The third kappa shape index (κ3) is 1.17. The predicted octanol–water partition coefficient (Wildman–Crippen LogP) is -1.59. The lowest BCUT2D eigenvalue weighted by molar-refractivity contribution is -0.653. The molecule has 0 aliphatic rings. The van der Waals surface area contributed by atoms with Gasteiger partial charge >= 0.3 is 6.71 Å². The number of hydrogen-bond acceptors (Lipinski definition) is 2. The number of rotatable bonds is 1. The van der Waals surface area contributed by atoms with Crippen LogP contribution in [0, 0.1) is 22.5 Å². The molecule has 0 fully saturated rings. The minimum absolute atomic E-state index is 0.792. The lowest BCUT2D eigenvalue weighted by atomic mass is 9.52. The lowest BCUT2D eigenvalue weighted by Crippen LogP contribution is -2.54. The fourth-order valence-corrected chi connectivity index (χ4v) is 1.30. The zero-order valence-corrected chi connectivity index (χ0v) is 7.15. The SMILES string of the molecule is Cn1cc[n+](C)c1[BH-](C#N)C#N. The maximum Gasteiger partial charge on any atom is 0.305 e. The maximum atomic E-state index is 8.68. The van der Waals surface area contributed by atoms with E-state index in [1.165, 1.54) is 0 Å². The average molecular weight is 160 g/mol. The Morgan fingerprint density at radius 3 is 2.42 bits per heavy atom. The first kappa shape index (κ1) is 8.35. The van der Waals surface area contributed by atoms with E-state index >= 15 is 0 Å². The highest BCUT2D eigenvalue weighted by molar-refractivity contribution is 6.84. The lowest BCUT2D eigenvalue weighted by Gasteiger charge is -2.02. The van der Waals surface area contributed by atoms with E-state index in [4.69, 9.17) is 10.5 Å². The van der Waals surface area contributed by atoms with Gasteiger partial charge in [-0.2, -0.15) is 0 Å². The highest BCUT2D eigenvalue weighted by Gasteiger charge is 2.16. The van der Waals surface area contributed by atoms with Gasteiger partial charge in [0.2, 0.25) is 0 Å². The summed E-state index contributed by atoms with van der Waals surface area (Å²) in [6, 6.07) is 0. The van der Waals surface area contributed by atoms with Crippen LogP contribution in [0.15, 0.2) is 12.4 Å². The Balaban J connectivity index is 3.20. The average Bonchev–Trinajstić information content (AvgIpc) is 2.38. The van der Waals surface area contributed by atoms with Gasteiger partial charge in [0, 0.05) is 0 Å². The van der Waals surface area contributed by atoms with E-state index < -0.39 is 6.71 Å². The topological polar surface area (TPSA) is 56.4 Å². The van der Waals surface area contributed by atoms with E-state index in [-0.39, 0.29) is 0 Å². The van der Waals surface area contributed by atoms with Crippen molar-refractivity contribution in [1.29, 1.82) is 10.5 Å². The summed E-state index contributed by atoms with van der Waals surface area (Å²) in [6.45, 7) is -1.50. The van der Waals surface area contributed by atoms with E-state index in [1.54, 1.807) is 0 Å². The van der Waals surface area contributed by atoms with Gasteiger partial charge in [-0.1, -0.05) is 0 Å². The van der Waals surface area contributed by atoms with Gasteiger partial charge in [0.15, 0.2) is 0 Å². The Hall–Kier alpha value is -1.75. The van der Waals surface area contributed by atoms with Crippen LogP contribution in [0.4, 0.5) is 0 Å². The van der Waals surface area contributed by atoms with Crippen LogP contribution in [0.3, 0.4) is 0 Å². The summed E-state index contributed by atoms with van der Waals surface area (Å²) >= 11 is 0. The zero-order valence-electron chi connectivity index (χ0n) is 7.15. The fraction of sp³-hybridized carbons (Fsp3) is 0.286. The first-order valence-corrected chi connectivity index (χ1v) is 3.70. The summed E-state index contributed by atoms with van der Waals surface area (Å²) in [5.74, 6) is 4.03. The second kappa shape index (κ2) is 3.10. The molecule has 0 unspecified atom stereocenters. The Labute approximate surface area is 71.3 Å². The van der Waals surface area contributed by atoms with Gasteiger partial charge < -0.3 is 0 Å². The molecule has 0 radical (unpaired) electrons. The van der Waals surface area contributed by atoms with Crippen LogP contribution >= 0.6 is 0 Å². The van der Waals surface area contributed by atoms with Crippen molar-refractivity contribution in [1.82, 2.24) is 4.57 Å². The summed E-state index contributed by atoms with van der Waals surface area (Å²) < 4.78 is 3.62. The number of hydrogen-bond donors (Lipinski definition) is 0. The van der Waals surface area contributed by atoms with Crippen LogP contribution in [0.5, 0.6) is 0 Å². The Kier molecular flexibility index (Phi) is 2.16. The molecule has 0 bridgehead atoms. The standard InChI is InChI=1S/C7H9BN4/c1-11-3-4-12(2)7(11)8(5-9)6-10/h3-4,8H,1-2H3. The van der Waals surface area contributed by atoms with Crippen LogP contribution in [-0.4, -0.2) is 11.3 Å². The van der Waals surface area contributed by atoms with Gasteiger partial charge in [0.25, 0.3) is 0 Å². The van der Waals surface area contributed by atoms with Gasteiger partial charge in [0.1, 0.15) is 18.1 Å². The molecule has 0 N–H and O–H groups in total. The summed E-state index contributed by atoms with van der Waals surface area (Å²) in [6.07, 6.45) is 3.67. The smallest absolute Gasteiger partial charge is 0.271 e. The van der Waals surface area contributed by atoms with E-state index in [1.807, 2.05) is 47.6 Å². The van der Waals surface area contributed by atoms with Crippen molar-refractivity contribution in [2.24, 2.45) is 14.1 Å². The van der Waals surface area contributed by atoms with Crippen LogP contribution in [0.25, 0.3) is 0 Å². The van der Waals surface area contributed by atoms with Crippen LogP contribution in [-0.2, 0) is 14.1 Å². The van der Waals surface area contributed by atoms with E-state index in [2.05, 4.69) is 0 Å². The minimum atomic E-state index is -1.50. The van der Waals surface area contributed by atoms with Gasteiger partial charge in [-0.3, -0.25) is 9.13 Å². The first-order chi connectivity index (χ1) is 5.70. The molecule has 5 heteroatoms. The molecule has 0 atom stereocenters. The summed E-state index contributed by atoms with van der Waals surface area (Å²) in [5, 5.41) is 17.4. The largest absolute Gasteiger partial charge is 0.305 e. The molecule has 0 aliphatic carbocycles. The third-order valence-corrected chi connectivity index (χ3v) is 1.96. The molecule has 0 aliphatic heterocycles. The summed E-state index contributed by atoms with van der Waals surface area (Å²) in [4.78, 5) is 0. The summed E-state index contributed by atoms with van der Waals surface area (Å²) in [7, 11) is 3.67. The molecule has 60 valence electrons. The van der Waals surface area contributed by atoms with Gasteiger partial charge in [-0.15, -0.1) is 11.9 Å². The monoisotopic (exact) mass is 160 g/mol. The molecule has 1 aromatic rings. The van der Waals surface area contributed by atoms with Crippen molar-refractivity contribution >= 4 is 12.4 Å². The van der Waals surface area contributed by atoms with E-state index in [0.29, 0.717) is 0 Å². The van der Waals surface area contributed by atoms with Crippen molar-refractivity contribution in [2.75, 3.05) is 0 Å². The molecular formula is C7H9BN4. The molecule has 0 saturated carbocycles. The molecule has 0 aromatic carbocycles. The molecular weight excluding hydrogens is 151 g/mol. The maximum absolute atomic E-state index is 8.68. The normalized spacial score (nSPS) is 9.42. The minimum Gasteiger partial charge on any atom is -0.271 e. The van der Waals surface area contributed by atoms with Crippen LogP contribution < -0.4 is 10.3 Å². The van der Waals surface area contributed by atoms with Crippen molar-refractivity contribution in [3.63, 3.8) is 0 Å². The van der Waals surface area contributed by atoms with Crippen molar-refractivity contribution in [3.8, 4) is 11.9 Å². The third-order valence-electron chi connectivity index (χ3n) is 1.96. The fourth-order valence-electron chi connectivity index (χ4n) is 1.30. The Morgan fingerprint density at radius 1 is 1.50 bits per heavy atom. The first-order valence-electron chi connectivity index (χ1n) is 3.70. The predicted molar refractivity (Wildman–Crippen MR) is 44.6 cm³/mol. The Morgan fingerprint density at radius 2 is 2.08 bits per heavy atom. The van der Waals surface area contributed by atoms with Crippen LogP contribution in [0.2, 0.25) is 0 Å². The molecule has 12 heavy (non-hydrogen) atoms. The molecule has 1 aromatic heterocycles. The molecule has 4 nitrogen and oxygen atoms in total. The zero-order chi connectivity index (χ0) is 9.14.